The van der Waals surface area contributed by atoms with Gasteiger partial charge in [0.15, 0.2) is 0 Å². The minimum atomic E-state index is -0.598. The second-order valence-corrected chi connectivity index (χ2v) is 7.63. The zero-order valence-electron chi connectivity index (χ0n) is 13.1. The molecule has 132 valence electrons. The minimum absolute atomic E-state index is 0.108. The minimum Gasteiger partial charge on any atom is -0.507 e. The molecule has 0 unspecified atom stereocenters. The molecule has 0 radical (unpaired) electrons. The number of halogens is 1. The van der Waals surface area contributed by atoms with Crippen LogP contribution in [0.1, 0.15) is 11.1 Å². The number of phenolic OH excluding ortho intramolecular Hbond substituents is 1. The summed E-state index contributed by atoms with van der Waals surface area (Å²) in [5, 5.41) is 20.3. The average molecular weight is 482 g/mol. The van der Waals surface area contributed by atoms with Gasteiger partial charge < -0.3 is 5.11 Å². The van der Waals surface area contributed by atoms with Crippen LogP contribution < -0.4 is 0 Å². The summed E-state index contributed by atoms with van der Waals surface area (Å²) in [6, 6.07) is 10.9. The molecule has 0 atom stereocenters. The Bertz CT molecular complexity index is 943. The molecule has 26 heavy (non-hydrogen) atoms. The van der Waals surface area contributed by atoms with E-state index in [1.807, 2.05) is 24.3 Å². The van der Waals surface area contributed by atoms with E-state index in [1.165, 1.54) is 12.1 Å². The zero-order valence-corrected chi connectivity index (χ0v) is 16.1. The Morgan fingerprint density at radius 2 is 1.88 bits per heavy atom. The van der Waals surface area contributed by atoms with E-state index < -0.39 is 16.1 Å². The fraction of sp³-hybridized carbons (Fsp3) is 0.0588. The second kappa shape index (κ2) is 7.46. The van der Waals surface area contributed by atoms with Crippen LogP contribution in [0.15, 0.2) is 47.4 Å². The number of amides is 2. The van der Waals surface area contributed by atoms with Crippen LogP contribution in [-0.4, -0.2) is 26.1 Å². The van der Waals surface area contributed by atoms with Gasteiger partial charge in [0.25, 0.3) is 16.8 Å². The maximum absolute atomic E-state index is 12.5. The van der Waals surface area contributed by atoms with Crippen LogP contribution in [-0.2, 0) is 11.3 Å². The first-order valence-corrected chi connectivity index (χ1v) is 9.22. The van der Waals surface area contributed by atoms with Gasteiger partial charge in [-0.05, 0) is 64.2 Å². The van der Waals surface area contributed by atoms with E-state index >= 15 is 0 Å². The van der Waals surface area contributed by atoms with Crippen LogP contribution in [0.5, 0.6) is 5.75 Å². The molecular weight excluding hydrogens is 471 g/mol. The molecule has 0 saturated carbocycles. The summed E-state index contributed by atoms with van der Waals surface area (Å²) in [7, 11) is 0. The summed E-state index contributed by atoms with van der Waals surface area (Å²) < 4.78 is 1.04. The maximum atomic E-state index is 12.5. The van der Waals surface area contributed by atoms with Crippen molar-refractivity contribution < 1.29 is 19.6 Å². The normalized spacial score (nSPS) is 15.7. The molecule has 2 aromatic carbocycles. The Labute approximate surface area is 166 Å². The molecule has 2 amide bonds. The molecule has 7 nitrogen and oxygen atoms in total. The van der Waals surface area contributed by atoms with Crippen LogP contribution in [0.2, 0.25) is 0 Å². The van der Waals surface area contributed by atoms with Crippen LogP contribution in [0, 0.1) is 13.7 Å². The van der Waals surface area contributed by atoms with Gasteiger partial charge in [0.2, 0.25) is 0 Å². The molecule has 1 saturated heterocycles. The van der Waals surface area contributed by atoms with Gasteiger partial charge in [0, 0.05) is 21.3 Å². The number of non-ortho nitro benzene ring substituents is 1. The van der Waals surface area contributed by atoms with E-state index in [4.69, 9.17) is 0 Å². The highest BCUT2D eigenvalue weighted by molar-refractivity contribution is 14.1. The van der Waals surface area contributed by atoms with Crippen molar-refractivity contribution in [1.82, 2.24) is 4.90 Å². The van der Waals surface area contributed by atoms with E-state index in [-0.39, 0.29) is 28.5 Å². The van der Waals surface area contributed by atoms with Crippen molar-refractivity contribution in [3.8, 4) is 5.75 Å². The Morgan fingerprint density at radius 3 is 2.54 bits per heavy atom. The molecule has 1 fully saturated rings. The first-order valence-electron chi connectivity index (χ1n) is 7.32. The molecule has 1 heterocycles. The number of aromatic hydroxyl groups is 1. The van der Waals surface area contributed by atoms with Gasteiger partial charge in [0.1, 0.15) is 5.75 Å². The van der Waals surface area contributed by atoms with Crippen molar-refractivity contribution in [2.24, 2.45) is 0 Å². The van der Waals surface area contributed by atoms with Gasteiger partial charge in [-0.15, -0.1) is 0 Å². The summed E-state index contributed by atoms with van der Waals surface area (Å²) in [4.78, 5) is 36.2. The summed E-state index contributed by atoms with van der Waals surface area (Å²) >= 11 is 2.90. The van der Waals surface area contributed by atoms with Crippen molar-refractivity contribution in [1.29, 1.82) is 0 Å². The third kappa shape index (κ3) is 3.88. The second-order valence-electron chi connectivity index (χ2n) is 5.39. The number of rotatable bonds is 4. The number of carbonyl (C=O) groups excluding carboxylic acids is 2. The number of hydrogen-bond acceptors (Lipinski definition) is 6. The van der Waals surface area contributed by atoms with E-state index in [9.17, 15) is 24.8 Å². The van der Waals surface area contributed by atoms with Gasteiger partial charge in [-0.1, -0.05) is 12.1 Å². The molecule has 0 aliphatic carbocycles. The van der Waals surface area contributed by atoms with E-state index in [0.717, 1.165) is 37.9 Å². The fourth-order valence-corrected chi connectivity index (χ4v) is 3.51. The Hall–Kier alpha value is -2.40. The molecule has 0 bridgehead atoms. The molecule has 2 aromatic rings. The lowest BCUT2D eigenvalue weighted by Crippen LogP contribution is -2.27. The molecule has 3 rings (SSSR count). The van der Waals surface area contributed by atoms with Gasteiger partial charge in [0.05, 0.1) is 16.4 Å². The highest BCUT2D eigenvalue weighted by Gasteiger charge is 2.35. The number of carbonyl (C=O) groups is 2. The predicted octanol–water partition coefficient (Wildman–Crippen LogP) is 4.14. The number of nitrogens with zero attached hydrogens (tertiary/aromatic N) is 2. The maximum Gasteiger partial charge on any atom is 0.293 e. The first-order chi connectivity index (χ1) is 12.3. The van der Waals surface area contributed by atoms with Crippen molar-refractivity contribution in [3.05, 3.63) is 72.2 Å². The lowest BCUT2D eigenvalue weighted by molar-refractivity contribution is -0.384. The quantitative estimate of drug-likeness (QED) is 0.304. The monoisotopic (exact) mass is 482 g/mol. The number of phenols is 1. The summed E-state index contributed by atoms with van der Waals surface area (Å²) in [6.07, 6.45) is 1.29. The predicted molar refractivity (Wildman–Crippen MR) is 105 cm³/mol. The SMILES string of the molecule is O=C1S/C(=C\c2cc([N+](=O)[O-])ccc2O)C(=O)N1Cc1ccc(I)cc1. The molecule has 9 heteroatoms. The lowest BCUT2D eigenvalue weighted by Gasteiger charge is -2.12. The molecular formula is C17H11IN2O5S. The smallest absolute Gasteiger partial charge is 0.293 e. The standard InChI is InChI=1S/C17H11IN2O5S/c18-12-3-1-10(2-4-12)9-19-16(22)15(26-17(19)23)8-11-7-13(20(24)25)5-6-14(11)21/h1-8,21H,9H2/b15-8-. The highest BCUT2D eigenvalue weighted by atomic mass is 127. The Kier molecular flexibility index (Phi) is 5.28. The van der Waals surface area contributed by atoms with Crippen LogP contribution in [0.25, 0.3) is 6.08 Å². The third-order valence-corrected chi connectivity index (χ3v) is 5.26. The van der Waals surface area contributed by atoms with Crippen molar-refractivity contribution in [2.45, 2.75) is 6.54 Å². The summed E-state index contributed by atoms with van der Waals surface area (Å²) in [5.74, 6) is -0.704. The molecule has 0 aromatic heterocycles. The van der Waals surface area contributed by atoms with Crippen LogP contribution >= 0.6 is 34.4 Å². The lowest BCUT2D eigenvalue weighted by atomic mass is 10.1. The number of nitro groups is 1. The van der Waals surface area contributed by atoms with Crippen LogP contribution in [0.3, 0.4) is 0 Å². The number of benzene rings is 2. The highest BCUT2D eigenvalue weighted by Crippen LogP contribution is 2.35. The first kappa shape index (κ1) is 18.4. The zero-order chi connectivity index (χ0) is 18.8. The Balaban J connectivity index is 1.86. The summed E-state index contributed by atoms with van der Waals surface area (Å²) in [6.45, 7) is 0.139. The largest absolute Gasteiger partial charge is 0.507 e. The molecule has 1 aliphatic heterocycles. The molecule has 1 aliphatic rings. The van der Waals surface area contributed by atoms with Crippen molar-refractivity contribution in [3.63, 3.8) is 0 Å². The van der Waals surface area contributed by atoms with E-state index in [0.29, 0.717) is 0 Å². The number of hydrogen-bond donors (Lipinski definition) is 1. The number of nitro benzene ring substituents is 1. The van der Waals surface area contributed by atoms with Gasteiger partial charge >= 0.3 is 0 Å². The number of imide groups is 1. The topological polar surface area (TPSA) is 101 Å². The van der Waals surface area contributed by atoms with Crippen molar-refractivity contribution in [2.75, 3.05) is 0 Å². The van der Waals surface area contributed by atoms with Gasteiger partial charge in [-0.2, -0.15) is 0 Å². The van der Waals surface area contributed by atoms with Crippen LogP contribution in [0.4, 0.5) is 10.5 Å². The number of thioether (sulfide) groups is 1. The molecule has 0 spiro atoms. The van der Waals surface area contributed by atoms with E-state index in [2.05, 4.69) is 22.6 Å². The fourth-order valence-electron chi connectivity index (χ4n) is 2.32. The van der Waals surface area contributed by atoms with E-state index in [1.54, 1.807) is 0 Å². The van der Waals surface area contributed by atoms with Gasteiger partial charge in [-0.25, -0.2) is 0 Å². The van der Waals surface area contributed by atoms with Crippen molar-refractivity contribution >= 4 is 57.3 Å². The third-order valence-electron chi connectivity index (χ3n) is 3.64. The average Bonchev–Trinajstić information content (AvgIpc) is 2.86. The summed E-state index contributed by atoms with van der Waals surface area (Å²) in [5.41, 5.74) is 0.707. The van der Waals surface area contributed by atoms with Gasteiger partial charge in [-0.3, -0.25) is 24.6 Å². The Morgan fingerprint density at radius 1 is 1.19 bits per heavy atom. The molecule has 1 N–H and O–H groups in total.